The van der Waals surface area contributed by atoms with Gasteiger partial charge >= 0.3 is 11.9 Å². The fraction of sp³-hybridized carbons (Fsp3) is 0.775. The molecule has 2 atom stereocenters. The minimum Gasteiger partial charge on any atom is -0.756 e. The lowest BCUT2D eigenvalue weighted by Gasteiger charge is -2.28. The average Bonchev–Trinajstić information content (AvgIpc) is 3.06. The molecule has 0 amide bonds. The highest BCUT2D eigenvalue weighted by Crippen LogP contribution is 2.38. The molecule has 0 aliphatic carbocycles. The van der Waals surface area contributed by atoms with Crippen molar-refractivity contribution in [2.45, 2.75) is 155 Å². The lowest BCUT2D eigenvalue weighted by atomic mass is 10.1. The molecule has 0 saturated heterocycles. The molecule has 10 nitrogen and oxygen atoms in total. The first-order valence-corrected chi connectivity index (χ1v) is 21.1. The van der Waals surface area contributed by atoms with E-state index in [-0.39, 0.29) is 31.8 Å². The highest BCUT2D eigenvalue weighted by atomic mass is 31.2. The predicted molar refractivity (Wildman–Crippen MR) is 204 cm³/mol. The van der Waals surface area contributed by atoms with Gasteiger partial charge < -0.3 is 27.9 Å². The predicted octanol–water partition coefficient (Wildman–Crippen LogP) is 9.12. The highest BCUT2D eigenvalue weighted by Gasteiger charge is 2.21. The molecule has 0 bridgehead atoms. The maximum absolute atomic E-state index is 12.6. The van der Waals surface area contributed by atoms with Gasteiger partial charge in [0, 0.05) is 19.3 Å². The van der Waals surface area contributed by atoms with Crippen LogP contribution in [0.1, 0.15) is 149 Å². The molecule has 0 fully saturated rings. The molecule has 11 heteroatoms. The molecule has 0 saturated carbocycles. The Bertz CT molecular complexity index is 1040. The van der Waals surface area contributed by atoms with Crippen LogP contribution in [-0.4, -0.2) is 75.8 Å². The topological polar surface area (TPSA) is 128 Å². The van der Waals surface area contributed by atoms with Gasteiger partial charge in [-0.05, 0) is 57.4 Å². The van der Waals surface area contributed by atoms with E-state index in [1.807, 2.05) is 33.3 Å². The number of nitrogens with zero attached hydrogens (tertiary/aromatic N) is 1. The van der Waals surface area contributed by atoms with Gasteiger partial charge in [-0.1, -0.05) is 108 Å². The van der Waals surface area contributed by atoms with Crippen molar-refractivity contribution < 1.29 is 46.8 Å². The number of unbranched alkanes of at least 4 members (excludes halogenated alkanes) is 14. The van der Waals surface area contributed by atoms with Crippen LogP contribution in [0.15, 0.2) is 36.5 Å². The van der Waals surface area contributed by atoms with Crippen LogP contribution in [-0.2, 0) is 37.5 Å². The first-order valence-electron chi connectivity index (χ1n) is 19.6. The van der Waals surface area contributed by atoms with Gasteiger partial charge in [-0.15, -0.1) is 0 Å². The number of carbonyl (C=O) groups is 3. The van der Waals surface area contributed by atoms with Crippen molar-refractivity contribution in [2.24, 2.45) is 0 Å². The van der Waals surface area contributed by atoms with Crippen LogP contribution < -0.4 is 4.89 Å². The summed E-state index contributed by atoms with van der Waals surface area (Å²) in [4.78, 5) is 49.0. The lowest BCUT2D eigenvalue weighted by molar-refractivity contribution is -0.870. The SMILES string of the molecule is CCCC/C=C\CCCCCCCC(=O)O[C@H](COC(=O)CCCCCCC/C=C\C=C\C(=O)CCCCC)COP(=O)([O-])OCC[N+](C)(C)C. The Morgan fingerprint density at radius 3 is 1.82 bits per heavy atom. The Morgan fingerprint density at radius 2 is 1.20 bits per heavy atom. The zero-order chi connectivity index (χ0) is 38.1. The van der Waals surface area contributed by atoms with Crippen LogP contribution in [0.25, 0.3) is 0 Å². The molecule has 0 aromatic heterocycles. The Kier molecular flexibility index (Phi) is 31.2. The first-order chi connectivity index (χ1) is 24.4. The molecular formula is C40H72NO9P. The molecule has 0 heterocycles. The van der Waals surface area contributed by atoms with Crippen LogP contribution in [0.3, 0.4) is 0 Å². The zero-order valence-corrected chi connectivity index (χ0v) is 33.7. The second kappa shape index (κ2) is 32.5. The molecule has 1 unspecified atom stereocenters. The van der Waals surface area contributed by atoms with E-state index >= 15 is 0 Å². The normalized spacial score (nSPS) is 14.0. The Morgan fingerprint density at radius 1 is 0.647 bits per heavy atom. The summed E-state index contributed by atoms with van der Waals surface area (Å²) in [6.45, 7) is 3.94. The van der Waals surface area contributed by atoms with Crippen molar-refractivity contribution in [2.75, 3.05) is 47.5 Å². The van der Waals surface area contributed by atoms with Crippen molar-refractivity contribution in [3.05, 3.63) is 36.5 Å². The number of ether oxygens (including phenoxy) is 2. The summed E-state index contributed by atoms with van der Waals surface area (Å²) < 4.78 is 33.7. The number of hydrogen-bond donors (Lipinski definition) is 0. The van der Waals surface area contributed by atoms with E-state index in [1.165, 1.54) is 12.8 Å². The van der Waals surface area contributed by atoms with E-state index in [1.54, 1.807) is 6.08 Å². The van der Waals surface area contributed by atoms with Crippen molar-refractivity contribution in [1.82, 2.24) is 0 Å². The number of likely N-dealkylation sites (N-methyl/N-ethyl adjacent to an activating group) is 1. The van der Waals surface area contributed by atoms with Crippen LogP contribution in [0, 0.1) is 0 Å². The minimum atomic E-state index is -4.64. The van der Waals surface area contributed by atoms with E-state index in [0.29, 0.717) is 30.3 Å². The van der Waals surface area contributed by atoms with Gasteiger partial charge in [0.25, 0.3) is 7.82 Å². The first kappa shape index (κ1) is 48.9. The van der Waals surface area contributed by atoms with Crippen molar-refractivity contribution in [3.63, 3.8) is 0 Å². The Hall–Kier alpha value is -2.10. The number of ketones is 1. The second-order valence-corrected chi connectivity index (χ2v) is 15.7. The molecular weight excluding hydrogens is 669 g/mol. The molecule has 0 aliphatic heterocycles. The van der Waals surface area contributed by atoms with E-state index in [9.17, 15) is 23.8 Å². The summed E-state index contributed by atoms with van der Waals surface area (Å²) in [6.07, 6.45) is 30.1. The maximum atomic E-state index is 12.6. The summed E-state index contributed by atoms with van der Waals surface area (Å²) in [5.74, 6) is -0.735. The number of allylic oxidation sites excluding steroid dienone is 6. The van der Waals surface area contributed by atoms with Gasteiger partial charge in [-0.25, -0.2) is 0 Å². The van der Waals surface area contributed by atoms with E-state index in [2.05, 4.69) is 32.1 Å². The molecule has 0 aromatic rings. The summed E-state index contributed by atoms with van der Waals surface area (Å²) in [5.41, 5.74) is 0. The van der Waals surface area contributed by atoms with E-state index in [0.717, 1.165) is 89.9 Å². The third kappa shape index (κ3) is 36.1. The fourth-order valence-corrected chi connectivity index (χ4v) is 5.64. The number of hydrogen-bond acceptors (Lipinski definition) is 9. The largest absolute Gasteiger partial charge is 0.756 e. The van der Waals surface area contributed by atoms with E-state index < -0.39 is 32.5 Å². The van der Waals surface area contributed by atoms with Gasteiger partial charge in [0.05, 0.1) is 27.7 Å². The summed E-state index contributed by atoms with van der Waals surface area (Å²) in [6, 6.07) is 0. The molecule has 0 aliphatic rings. The van der Waals surface area contributed by atoms with Crippen LogP contribution in [0.4, 0.5) is 0 Å². The number of phosphoric ester groups is 1. The molecule has 0 rings (SSSR count). The maximum Gasteiger partial charge on any atom is 0.306 e. The lowest BCUT2D eigenvalue weighted by Crippen LogP contribution is -2.37. The molecule has 0 aromatic carbocycles. The molecule has 51 heavy (non-hydrogen) atoms. The molecule has 0 spiro atoms. The summed E-state index contributed by atoms with van der Waals surface area (Å²) >= 11 is 0. The summed E-state index contributed by atoms with van der Waals surface area (Å²) in [7, 11) is 1.10. The summed E-state index contributed by atoms with van der Waals surface area (Å²) in [5, 5.41) is 0. The van der Waals surface area contributed by atoms with Crippen molar-refractivity contribution in [3.8, 4) is 0 Å². The van der Waals surface area contributed by atoms with Gasteiger partial charge in [-0.3, -0.25) is 18.9 Å². The average molecular weight is 742 g/mol. The Balaban J connectivity index is 4.49. The quantitative estimate of drug-likeness (QED) is 0.0119. The third-order valence-electron chi connectivity index (χ3n) is 8.11. The standard InChI is InChI=1S/C40H72NO9P/c1-6-8-10-11-12-13-14-17-21-24-28-32-40(44)50-38(36-49-51(45,46)48-34-33-41(3,4)5)35-47-39(43)31-27-23-20-18-15-16-19-22-26-30-37(42)29-25-9-7-2/h11-12,19,22,26,30,38H,6-10,13-18,20-21,23-25,27-29,31-36H2,1-5H3/b12-11-,22-19-,30-26+/t38-/m1/s1. The number of carbonyl (C=O) groups excluding carboxylic acids is 3. The minimum absolute atomic E-state index is 0.0473. The monoisotopic (exact) mass is 741 g/mol. The van der Waals surface area contributed by atoms with Crippen molar-refractivity contribution in [1.29, 1.82) is 0 Å². The fourth-order valence-electron chi connectivity index (χ4n) is 4.91. The third-order valence-corrected chi connectivity index (χ3v) is 9.07. The van der Waals surface area contributed by atoms with Crippen LogP contribution in [0.2, 0.25) is 0 Å². The van der Waals surface area contributed by atoms with Gasteiger partial charge in [0.15, 0.2) is 11.9 Å². The van der Waals surface area contributed by atoms with Gasteiger partial charge in [-0.2, -0.15) is 0 Å². The van der Waals surface area contributed by atoms with Gasteiger partial charge in [0.2, 0.25) is 0 Å². The van der Waals surface area contributed by atoms with Crippen LogP contribution >= 0.6 is 7.82 Å². The molecule has 0 N–H and O–H groups in total. The molecule has 0 radical (unpaired) electrons. The number of esters is 2. The van der Waals surface area contributed by atoms with Crippen LogP contribution in [0.5, 0.6) is 0 Å². The zero-order valence-electron chi connectivity index (χ0n) is 32.8. The second-order valence-electron chi connectivity index (χ2n) is 14.3. The smallest absolute Gasteiger partial charge is 0.306 e. The molecule has 296 valence electrons. The Labute approximate surface area is 310 Å². The van der Waals surface area contributed by atoms with Gasteiger partial charge in [0.1, 0.15) is 19.8 Å². The number of quaternary nitrogens is 1. The number of phosphoric acid groups is 1. The highest BCUT2D eigenvalue weighted by molar-refractivity contribution is 7.45. The number of rotatable bonds is 35. The van der Waals surface area contributed by atoms with Crippen molar-refractivity contribution >= 4 is 25.5 Å². The van der Waals surface area contributed by atoms with E-state index in [4.69, 9.17) is 18.5 Å².